The first-order valence-electron chi connectivity index (χ1n) is 8.90. The van der Waals surface area contributed by atoms with Crippen LogP contribution >= 0.6 is 0 Å². The summed E-state index contributed by atoms with van der Waals surface area (Å²) >= 11 is 0. The summed E-state index contributed by atoms with van der Waals surface area (Å²) in [7, 11) is 0. The third-order valence-electron chi connectivity index (χ3n) is 5.25. The average Bonchev–Trinajstić information content (AvgIpc) is 3.28. The number of para-hydroxylation sites is 1. The van der Waals surface area contributed by atoms with Crippen molar-refractivity contribution in [2.24, 2.45) is 0 Å². The predicted octanol–water partition coefficient (Wildman–Crippen LogP) is 3.74. The van der Waals surface area contributed by atoms with Crippen LogP contribution in [0.1, 0.15) is 28.6 Å². The number of hydrogen-bond donors (Lipinski definition) is 3. The van der Waals surface area contributed by atoms with Crippen molar-refractivity contribution in [3.63, 3.8) is 0 Å². The third kappa shape index (κ3) is 2.48. The molecule has 2 aromatic carbocycles. The maximum Gasteiger partial charge on any atom is 0.115 e. The standard InChI is InChI=1S/C21H20N4O/c26-16-5-3-4-14(12-16)21-20-18(17-6-1-2-7-19(17)23-20)9-11-25(21)13-15-8-10-22-24-15/h1-8,10,12,21,23,26H,9,11,13H2,(H,22,24). The Kier molecular flexibility index (Phi) is 3.53. The van der Waals surface area contributed by atoms with Crippen molar-refractivity contribution in [3.8, 4) is 5.75 Å². The van der Waals surface area contributed by atoms with Crippen molar-refractivity contribution in [2.75, 3.05) is 6.54 Å². The summed E-state index contributed by atoms with van der Waals surface area (Å²) < 4.78 is 0. The molecule has 2 aromatic heterocycles. The van der Waals surface area contributed by atoms with E-state index in [1.807, 2.05) is 18.2 Å². The summed E-state index contributed by atoms with van der Waals surface area (Å²) in [5, 5.41) is 18.5. The van der Waals surface area contributed by atoms with Crippen molar-refractivity contribution in [1.29, 1.82) is 0 Å². The van der Waals surface area contributed by atoms with E-state index in [0.29, 0.717) is 5.75 Å². The Morgan fingerprint density at radius 3 is 2.88 bits per heavy atom. The van der Waals surface area contributed by atoms with Gasteiger partial charge >= 0.3 is 0 Å². The third-order valence-corrected chi connectivity index (χ3v) is 5.25. The maximum absolute atomic E-state index is 10.0. The van der Waals surface area contributed by atoms with Crippen LogP contribution in [0, 0.1) is 0 Å². The fourth-order valence-electron chi connectivity index (χ4n) is 4.12. The Balaban J connectivity index is 1.65. The topological polar surface area (TPSA) is 67.9 Å². The normalized spacial score (nSPS) is 17.5. The predicted molar refractivity (Wildman–Crippen MR) is 101 cm³/mol. The SMILES string of the molecule is Oc1cccc(C2c3[nH]c4ccccc4c3CCN2Cc2ccn[nH]2)c1. The largest absolute Gasteiger partial charge is 0.508 e. The molecule has 5 rings (SSSR count). The van der Waals surface area contributed by atoms with Gasteiger partial charge in [-0.2, -0.15) is 5.10 Å². The number of phenols is 1. The average molecular weight is 344 g/mol. The fraction of sp³-hybridized carbons (Fsp3) is 0.190. The van der Waals surface area contributed by atoms with Crippen LogP contribution in [0.2, 0.25) is 0 Å². The summed E-state index contributed by atoms with van der Waals surface area (Å²) in [6, 6.07) is 18.2. The lowest BCUT2D eigenvalue weighted by Gasteiger charge is -2.36. The molecule has 130 valence electrons. The first-order valence-corrected chi connectivity index (χ1v) is 8.90. The zero-order chi connectivity index (χ0) is 17.5. The highest BCUT2D eigenvalue weighted by molar-refractivity contribution is 5.85. The van der Waals surface area contributed by atoms with Gasteiger partial charge in [-0.3, -0.25) is 10.00 Å². The molecule has 3 N–H and O–H groups in total. The van der Waals surface area contributed by atoms with Gasteiger partial charge in [-0.1, -0.05) is 30.3 Å². The Morgan fingerprint density at radius 2 is 2.04 bits per heavy atom. The maximum atomic E-state index is 10.0. The van der Waals surface area contributed by atoms with Gasteiger partial charge in [-0.05, 0) is 41.8 Å². The Labute approximate surface area is 151 Å². The van der Waals surface area contributed by atoms with Gasteiger partial charge in [0.05, 0.1) is 6.04 Å². The molecule has 4 aromatic rings. The molecule has 0 radical (unpaired) electrons. The summed E-state index contributed by atoms with van der Waals surface area (Å²) in [4.78, 5) is 6.08. The number of hydrogen-bond acceptors (Lipinski definition) is 3. The van der Waals surface area contributed by atoms with Gasteiger partial charge < -0.3 is 10.1 Å². The number of fused-ring (bicyclic) bond motifs is 3. The lowest BCUT2D eigenvalue weighted by atomic mass is 9.92. The number of H-pyrrole nitrogens is 2. The first kappa shape index (κ1) is 15.2. The van der Waals surface area contributed by atoms with Crippen LogP contribution in [-0.4, -0.2) is 31.7 Å². The summed E-state index contributed by atoms with van der Waals surface area (Å²) in [5.41, 5.74) is 5.97. The first-order chi connectivity index (χ1) is 12.8. The minimum absolute atomic E-state index is 0.0709. The van der Waals surface area contributed by atoms with Gasteiger partial charge in [0.1, 0.15) is 5.75 Å². The van der Waals surface area contributed by atoms with Crippen molar-refractivity contribution in [1.82, 2.24) is 20.1 Å². The summed E-state index contributed by atoms with van der Waals surface area (Å²) in [6.07, 6.45) is 2.79. The molecule has 1 atom stereocenters. The number of rotatable bonds is 3. The minimum atomic E-state index is 0.0709. The van der Waals surface area contributed by atoms with E-state index in [0.717, 1.165) is 30.8 Å². The monoisotopic (exact) mass is 344 g/mol. The summed E-state index contributed by atoms with van der Waals surface area (Å²) in [5.74, 6) is 0.298. The second-order valence-electron chi connectivity index (χ2n) is 6.86. The van der Waals surface area contributed by atoms with Crippen LogP contribution in [0.5, 0.6) is 5.75 Å². The highest BCUT2D eigenvalue weighted by Gasteiger charge is 2.31. The van der Waals surface area contributed by atoms with E-state index in [-0.39, 0.29) is 6.04 Å². The lowest BCUT2D eigenvalue weighted by Crippen LogP contribution is -2.35. The van der Waals surface area contributed by atoms with Gasteiger partial charge in [0, 0.05) is 41.6 Å². The van der Waals surface area contributed by atoms with E-state index >= 15 is 0 Å². The van der Waals surface area contributed by atoms with Gasteiger partial charge in [-0.25, -0.2) is 0 Å². The molecule has 1 aliphatic rings. The summed E-state index contributed by atoms with van der Waals surface area (Å²) in [6.45, 7) is 1.74. The molecule has 0 amide bonds. The zero-order valence-corrected chi connectivity index (χ0v) is 14.3. The van der Waals surface area contributed by atoms with Crippen LogP contribution in [0.25, 0.3) is 10.9 Å². The van der Waals surface area contributed by atoms with Crippen LogP contribution in [0.3, 0.4) is 0 Å². The molecule has 0 saturated carbocycles. The number of phenolic OH excluding ortho intramolecular Hbond substituents is 1. The quantitative estimate of drug-likeness (QED) is 0.530. The van der Waals surface area contributed by atoms with Crippen LogP contribution in [-0.2, 0) is 13.0 Å². The van der Waals surface area contributed by atoms with E-state index in [2.05, 4.69) is 50.4 Å². The van der Waals surface area contributed by atoms with Crippen LogP contribution in [0.4, 0.5) is 0 Å². The number of aromatic hydroxyl groups is 1. The molecule has 0 bridgehead atoms. The lowest BCUT2D eigenvalue weighted by molar-refractivity contribution is 0.199. The second-order valence-corrected chi connectivity index (χ2v) is 6.86. The molecule has 3 heterocycles. The number of benzene rings is 2. The van der Waals surface area contributed by atoms with E-state index < -0.39 is 0 Å². The van der Waals surface area contributed by atoms with E-state index in [9.17, 15) is 5.11 Å². The molecular weight excluding hydrogens is 324 g/mol. The van der Waals surface area contributed by atoms with Gasteiger partial charge in [0.2, 0.25) is 0 Å². The van der Waals surface area contributed by atoms with E-state index in [1.165, 1.54) is 22.2 Å². The molecule has 1 unspecified atom stereocenters. The zero-order valence-electron chi connectivity index (χ0n) is 14.3. The number of aromatic amines is 2. The van der Waals surface area contributed by atoms with Crippen LogP contribution in [0.15, 0.2) is 60.8 Å². The Hall–Kier alpha value is -3.05. The molecule has 5 heteroatoms. The number of nitrogens with one attached hydrogen (secondary N) is 2. The number of nitrogens with zero attached hydrogens (tertiary/aromatic N) is 2. The highest BCUT2D eigenvalue weighted by atomic mass is 16.3. The molecule has 1 aliphatic heterocycles. The van der Waals surface area contributed by atoms with Crippen molar-refractivity contribution < 1.29 is 5.11 Å². The molecule has 0 fully saturated rings. The number of aromatic nitrogens is 3. The smallest absolute Gasteiger partial charge is 0.115 e. The minimum Gasteiger partial charge on any atom is -0.508 e. The van der Waals surface area contributed by atoms with Crippen molar-refractivity contribution >= 4 is 10.9 Å². The molecule has 0 aliphatic carbocycles. The molecule has 0 spiro atoms. The van der Waals surface area contributed by atoms with E-state index in [1.54, 1.807) is 12.3 Å². The fourth-order valence-corrected chi connectivity index (χ4v) is 4.12. The molecule has 26 heavy (non-hydrogen) atoms. The van der Waals surface area contributed by atoms with Crippen LogP contribution < -0.4 is 0 Å². The van der Waals surface area contributed by atoms with E-state index in [4.69, 9.17) is 0 Å². The highest BCUT2D eigenvalue weighted by Crippen LogP contribution is 2.39. The van der Waals surface area contributed by atoms with Gasteiger partial charge in [-0.15, -0.1) is 0 Å². The van der Waals surface area contributed by atoms with Crippen molar-refractivity contribution in [3.05, 3.63) is 83.3 Å². The molecular formula is C21H20N4O. The van der Waals surface area contributed by atoms with Gasteiger partial charge in [0.15, 0.2) is 0 Å². The van der Waals surface area contributed by atoms with Crippen molar-refractivity contribution in [2.45, 2.75) is 19.0 Å². The second kappa shape index (κ2) is 6.04. The molecule has 5 nitrogen and oxygen atoms in total. The molecule has 0 saturated heterocycles. The Morgan fingerprint density at radius 1 is 1.12 bits per heavy atom. The Bertz CT molecular complexity index is 1050. The van der Waals surface area contributed by atoms with Gasteiger partial charge in [0.25, 0.3) is 0 Å².